The number of aryl methyl sites for hydroxylation is 1. The van der Waals surface area contributed by atoms with Gasteiger partial charge in [-0.15, -0.1) is 0 Å². The van der Waals surface area contributed by atoms with E-state index in [2.05, 4.69) is 20.5 Å². The molecular formula is C20H20BrN3O3S. The Labute approximate surface area is 177 Å². The lowest BCUT2D eigenvalue weighted by Gasteiger charge is -2.17. The highest BCUT2D eigenvalue weighted by atomic mass is 79.9. The van der Waals surface area contributed by atoms with E-state index in [0.717, 1.165) is 27.1 Å². The molecule has 2 aromatic rings. The number of aromatic nitrogens is 1. The second kappa shape index (κ2) is 7.89. The average Bonchev–Trinajstić information content (AvgIpc) is 3.05. The van der Waals surface area contributed by atoms with Crippen LogP contribution in [0.15, 0.2) is 40.5 Å². The number of hydrogen-bond acceptors (Lipinski definition) is 4. The normalized spacial score (nSPS) is 15.7. The molecule has 0 radical (unpaired) electrons. The monoisotopic (exact) mass is 461 g/mol. The SMILES string of the molecule is COC(=O)CN1C(=S)N(C)C(=O)C1=Cc1cc(C)n(-c2ccc(Br)cc2)c1C. The smallest absolute Gasteiger partial charge is 0.325 e. The van der Waals surface area contributed by atoms with Gasteiger partial charge in [0, 0.05) is 28.6 Å². The van der Waals surface area contributed by atoms with Gasteiger partial charge >= 0.3 is 5.97 Å². The van der Waals surface area contributed by atoms with E-state index in [4.69, 9.17) is 17.0 Å². The second-order valence-corrected chi connectivity index (χ2v) is 7.76. The van der Waals surface area contributed by atoms with Gasteiger partial charge in [-0.3, -0.25) is 14.5 Å². The topological polar surface area (TPSA) is 54.8 Å². The number of halogens is 1. The van der Waals surface area contributed by atoms with Crippen LogP contribution in [0.1, 0.15) is 17.0 Å². The van der Waals surface area contributed by atoms with Crippen molar-refractivity contribution in [2.75, 3.05) is 20.7 Å². The van der Waals surface area contributed by atoms with Gasteiger partial charge in [0.1, 0.15) is 12.2 Å². The van der Waals surface area contributed by atoms with E-state index in [1.54, 1.807) is 13.1 Å². The molecule has 0 N–H and O–H groups in total. The summed E-state index contributed by atoms with van der Waals surface area (Å²) in [4.78, 5) is 27.3. The van der Waals surface area contributed by atoms with Gasteiger partial charge in [0.2, 0.25) is 0 Å². The fourth-order valence-corrected chi connectivity index (χ4v) is 3.72. The molecular weight excluding hydrogens is 442 g/mol. The third kappa shape index (κ3) is 3.62. The molecule has 28 heavy (non-hydrogen) atoms. The van der Waals surface area contributed by atoms with Gasteiger partial charge in [-0.1, -0.05) is 15.9 Å². The number of likely N-dealkylation sites (N-methyl/N-ethyl adjacent to an activating group) is 1. The molecule has 1 saturated heterocycles. The highest BCUT2D eigenvalue weighted by Gasteiger charge is 2.37. The lowest BCUT2D eigenvalue weighted by Crippen LogP contribution is -2.33. The first-order valence-corrected chi connectivity index (χ1v) is 9.77. The first kappa shape index (κ1) is 20.3. The van der Waals surface area contributed by atoms with E-state index in [9.17, 15) is 9.59 Å². The summed E-state index contributed by atoms with van der Waals surface area (Å²) < 4.78 is 7.86. The number of esters is 1. The maximum Gasteiger partial charge on any atom is 0.325 e. The van der Waals surface area contributed by atoms with Crippen molar-refractivity contribution >= 4 is 51.2 Å². The fraction of sp³-hybridized carbons (Fsp3) is 0.250. The van der Waals surface area contributed by atoms with Crippen LogP contribution in [0.25, 0.3) is 11.8 Å². The number of thiocarbonyl (C=S) groups is 1. The van der Waals surface area contributed by atoms with Crippen molar-refractivity contribution in [1.29, 1.82) is 0 Å². The van der Waals surface area contributed by atoms with Crippen molar-refractivity contribution in [3.63, 3.8) is 0 Å². The van der Waals surface area contributed by atoms with E-state index in [0.29, 0.717) is 5.70 Å². The quantitative estimate of drug-likeness (QED) is 0.396. The number of rotatable bonds is 4. The number of hydrogen-bond donors (Lipinski definition) is 0. The standard InChI is InChI=1S/C20H20BrN3O3S/c1-12-9-14(13(2)24(12)16-7-5-15(21)6-8-16)10-17-19(26)22(3)20(28)23(17)11-18(25)27-4/h5-10H,11H2,1-4H3. The maximum absolute atomic E-state index is 12.7. The molecule has 0 aliphatic carbocycles. The average molecular weight is 462 g/mol. The van der Waals surface area contributed by atoms with Crippen LogP contribution in [0.5, 0.6) is 0 Å². The Morgan fingerprint density at radius 3 is 2.50 bits per heavy atom. The Morgan fingerprint density at radius 2 is 1.89 bits per heavy atom. The number of amides is 1. The highest BCUT2D eigenvalue weighted by molar-refractivity contribution is 9.10. The first-order chi connectivity index (χ1) is 13.2. The molecule has 1 aromatic carbocycles. The van der Waals surface area contributed by atoms with Crippen molar-refractivity contribution in [3.8, 4) is 5.69 Å². The molecule has 0 spiro atoms. The molecule has 6 nitrogen and oxygen atoms in total. The fourth-order valence-electron chi connectivity index (χ4n) is 3.21. The third-order valence-corrected chi connectivity index (χ3v) is 5.72. The van der Waals surface area contributed by atoms with Crippen LogP contribution in [-0.2, 0) is 14.3 Å². The molecule has 2 heterocycles. The molecule has 0 atom stereocenters. The van der Waals surface area contributed by atoms with Crippen LogP contribution >= 0.6 is 28.1 Å². The number of carbonyl (C=O) groups excluding carboxylic acids is 2. The van der Waals surface area contributed by atoms with Crippen molar-refractivity contribution < 1.29 is 14.3 Å². The Morgan fingerprint density at radius 1 is 1.25 bits per heavy atom. The third-order valence-electron chi connectivity index (χ3n) is 4.69. The number of nitrogens with zero attached hydrogens (tertiary/aromatic N) is 3. The molecule has 1 aromatic heterocycles. The predicted molar refractivity (Wildman–Crippen MR) is 115 cm³/mol. The predicted octanol–water partition coefficient (Wildman–Crippen LogP) is 3.43. The molecule has 1 aliphatic heterocycles. The molecule has 0 unspecified atom stereocenters. The van der Waals surface area contributed by atoms with Crippen LogP contribution < -0.4 is 0 Å². The Balaban J connectivity index is 2.05. The van der Waals surface area contributed by atoms with Gasteiger partial charge in [0.15, 0.2) is 5.11 Å². The Hall–Kier alpha value is -2.45. The maximum atomic E-state index is 12.7. The zero-order valence-corrected chi connectivity index (χ0v) is 18.4. The Kier molecular flexibility index (Phi) is 5.71. The summed E-state index contributed by atoms with van der Waals surface area (Å²) in [7, 11) is 2.91. The minimum atomic E-state index is -0.461. The summed E-state index contributed by atoms with van der Waals surface area (Å²) in [6.45, 7) is 3.90. The van der Waals surface area contributed by atoms with Crippen molar-refractivity contribution in [1.82, 2.24) is 14.4 Å². The highest BCUT2D eigenvalue weighted by Crippen LogP contribution is 2.27. The molecule has 0 saturated carbocycles. The summed E-state index contributed by atoms with van der Waals surface area (Å²) in [6.07, 6.45) is 1.78. The van der Waals surface area contributed by atoms with Crippen molar-refractivity contribution in [2.24, 2.45) is 0 Å². The van der Waals surface area contributed by atoms with E-state index < -0.39 is 5.97 Å². The van der Waals surface area contributed by atoms with E-state index in [1.165, 1.54) is 16.9 Å². The first-order valence-electron chi connectivity index (χ1n) is 8.57. The van der Waals surface area contributed by atoms with Crippen molar-refractivity contribution in [3.05, 3.63) is 57.5 Å². The minimum absolute atomic E-state index is 0.108. The van der Waals surface area contributed by atoms with Gasteiger partial charge in [-0.2, -0.15) is 0 Å². The molecule has 1 fully saturated rings. The van der Waals surface area contributed by atoms with E-state index >= 15 is 0 Å². The lowest BCUT2D eigenvalue weighted by atomic mass is 10.2. The van der Waals surface area contributed by atoms with Gasteiger partial charge in [0.25, 0.3) is 5.91 Å². The Bertz CT molecular complexity index is 995. The number of ether oxygens (including phenoxy) is 1. The van der Waals surface area contributed by atoms with Crippen LogP contribution in [0.4, 0.5) is 0 Å². The molecule has 1 amide bonds. The van der Waals surface area contributed by atoms with Crippen LogP contribution in [0.3, 0.4) is 0 Å². The van der Waals surface area contributed by atoms with Gasteiger partial charge in [-0.25, -0.2) is 0 Å². The van der Waals surface area contributed by atoms with Crippen molar-refractivity contribution in [2.45, 2.75) is 13.8 Å². The number of methoxy groups -OCH3 is 1. The van der Waals surface area contributed by atoms with Crippen LogP contribution in [0, 0.1) is 13.8 Å². The van der Waals surface area contributed by atoms with Gasteiger partial charge in [0.05, 0.1) is 7.11 Å². The minimum Gasteiger partial charge on any atom is -0.468 e. The summed E-state index contributed by atoms with van der Waals surface area (Å²) in [5.74, 6) is -0.709. The largest absolute Gasteiger partial charge is 0.468 e. The van der Waals surface area contributed by atoms with Gasteiger partial charge < -0.3 is 14.2 Å². The van der Waals surface area contributed by atoms with Crippen LogP contribution in [0.2, 0.25) is 0 Å². The number of carbonyl (C=O) groups is 2. The molecule has 146 valence electrons. The summed E-state index contributed by atoms with van der Waals surface area (Å²) in [5.41, 5.74) is 4.29. The molecule has 0 bridgehead atoms. The van der Waals surface area contributed by atoms with E-state index in [-0.39, 0.29) is 17.6 Å². The van der Waals surface area contributed by atoms with Gasteiger partial charge in [-0.05, 0) is 68.0 Å². The summed E-state index contributed by atoms with van der Waals surface area (Å²) >= 11 is 8.78. The zero-order valence-electron chi connectivity index (χ0n) is 16.0. The molecule has 1 aliphatic rings. The molecule has 8 heteroatoms. The van der Waals surface area contributed by atoms with E-state index in [1.807, 2.05) is 44.2 Å². The molecule has 3 rings (SSSR count). The lowest BCUT2D eigenvalue weighted by molar-refractivity contribution is -0.140. The summed E-state index contributed by atoms with van der Waals surface area (Å²) in [6, 6.07) is 10.0. The zero-order chi connectivity index (χ0) is 20.6. The number of benzene rings is 1. The summed E-state index contributed by atoms with van der Waals surface area (Å²) in [5, 5.41) is 0.281. The second-order valence-electron chi connectivity index (χ2n) is 6.48. The van der Waals surface area contributed by atoms with Crippen LogP contribution in [-0.4, -0.2) is 52.1 Å².